The van der Waals surface area contributed by atoms with Crippen molar-refractivity contribution in [2.45, 2.75) is 58.3 Å². The van der Waals surface area contributed by atoms with Crippen LogP contribution >= 0.6 is 0 Å². The molecule has 0 bridgehead atoms. The first-order chi connectivity index (χ1) is 7.41. The smallest absolute Gasteiger partial charge is 0.193 e. The van der Waals surface area contributed by atoms with Gasteiger partial charge >= 0.3 is 0 Å². The average molecular weight is 206 g/mol. The maximum absolute atomic E-state index is 9.86. The van der Waals surface area contributed by atoms with E-state index in [1.807, 2.05) is 6.08 Å². The Balaban J connectivity index is 3.10. The number of carbonyl (C=O) groups excluding carboxylic acids is 1. The molecule has 0 aromatic carbocycles. The summed E-state index contributed by atoms with van der Waals surface area (Å²) in [5.74, 6) is 5.01. The number of unbranched alkanes of at least 4 members (excludes halogenated alkanes) is 7. The molecule has 0 aliphatic heterocycles. The van der Waals surface area contributed by atoms with Crippen LogP contribution in [0.15, 0.2) is 12.2 Å². The third kappa shape index (κ3) is 13.0. The molecule has 0 saturated heterocycles. The van der Waals surface area contributed by atoms with E-state index in [9.17, 15) is 4.79 Å². The second-order valence-electron chi connectivity index (χ2n) is 3.72. The van der Waals surface area contributed by atoms with E-state index < -0.39 is 0 Å². The summed E-state index contributed by atoms with van der Waals surface area (Å²) in [7, 11) is 0. The van der Waals surface area contributed by atoms with Gasteiger partial charge < -0.3 is 0 Å². The van der Waals surface area contributed by atoms with E-state index in [2.05, 4.69) is 18.8 Å². The molecule has 1 heteroatoms. The molecule has 0 amide bonds. The Morgan fingerprint density at radius 3 is 2.27 bits per heavy atom. The molecule has 0 fully saturated rings. The predicted octanol–water partition coefficient (Wildman–Crippen LogP) is 3.89. The number of hydrogen-bond donors (Lipinski definition) is 0. The van der Waals surface area contributed by atoms with Gasteiger partial charge in [-0.2, -0.15) is 0 Å². The highest BCUT2D eigenvalue weighted by atomic mass is 16.1. The molecular weight excluding hydrogens is 184 g/mol. The predicted molar refractivity (Wildman–Crippen MR) is 65.6 cm³/mol. The molecule has 0 rings (SSSR count). The van der Waals surface area contributed by atoms with E-state index in [1.165, 1.54) is 44.9 Å². The second kappa shape index (κ2) is 13.0. The van der Waals surface area contributed by atoms with Crippen LogP contribution in [0.2, 0.25) is 0 Å². The van der Waals surface area contributed by atoms with Crippen molar-refractivity contribution in [1.82, 2.24) is 0 Å². The largest absolute Gasteiger partial charge is 0.289 e. The van der Waals surface area contributed by atoms with Gasteiger partial charge in [0.05, 0.1) is 0 Å². The zero-order valence-corrected chi connectivity index (χ0v) is 9.80. The van der Waals surface area contributed by atoms with E-state index >= 15 is 0 Å². The third-order valence-electron chi connectivity index (χ3n) is 2.32. The number of hydrogen-bond acceptors (Lipinski definition) is 1. The molecule has 0 aromatic rings. The highest BCUT2D eigenvalue weighted by Gasteiger charge is 1.88. The van der Waals surface area contributed by atoms with Gasteiger partial charge in [0.2, 0.25) is 0 Å². The van der Waals surface area contributed by atoms with Crippen LogP contribution in [0.3, 0.4) is 0 Å². The van der Waals surface area contributed by atoms with E-state index in [4.69, 9.17) is 0 Å². The van der Waals surface area contributed by atoms with Crippen LogP contribution in [-0.2, 0) is 4.79 Å². The molecule has 0 spiro atoms. The lowest BCUT2D eigenvalue weighted by Gasteiger charge is -1.98. The minimum absolute atomic E-state index is 0.623. The van der Waals surface area contributed by atoms with Gasteiger partial charge in [-0.3, -0.25) is 4.79 Å². The zero-order chi connectivity index (χ0) is 11.2. The molecular formula is C14H22O. The standard InChI is InChI=1S/C14H22O/c1-2-3-4-5-6-7-8-9-10-11-12-13-14-15/h10-11,14H,2-9H2,1H3. The Kier molecular flexibility index (Phi) is 12.1. The fraction of sp³-hybridized carbons (Fsp3) is 0.643. The van der Waals surface area contributed by atoms with Crippen molar-refractivity contribution in [2.24, 2.45) is 0 Å². The Hall–Kier alpha value is -1.03. The first kappa shape index (κ1) is 14.0. The number of aldehydes is 1. The first-order valence-corrected chi connectivity index (χ1v) is 6.01. The molecule has 0 saturated carbocycles. The zero-order valence-electron chi connectivity index (χ0n) is 9.80. The van der Waals surface area contributed by atoms with Crippen molar-refractivity contribution in [3.8, 4) is 11.8 Å². The summed E-state index contributed by atoms with van der Waals surface area (Å²) in [5.41, 5.74) is 0. The summed E-state index contributed by atoms with van der Waals surface area (Å²) in [6.45, 7) is 2.24. The third-order valence-corrected chi connectivity index (χ3v) is 2.32. The Labute approximate surface area is 94.0 Å². The fourth-order valence-electron chi connectivity index (χ4n) is 1.44. The molecule has 84 valence electrons. The van der Waals surface area contributed by atoms with Crippen molar-refractivity contribution in [3.63, 3.8) is 0 Å². The lowest BCUT2D eigenvalue weighted by Crippen LogP contribution is -1.78. The monoisotopic (exact) mass is 206 g/mol. The molecule has 0 heterocycles. The van der Waals surface area contributed by atoms with Crippen LogP contribution in [0, 0.1) is 11.8 Å². The Morgan fingerprint density at radius 2 is 1.60 bits per heavy atom. The quantitative estimate of drug-likeness (QED) is 0.334. The van der Waals surface area contributed by atoms with Crippen LogP contribution in [0.25, 0.3) is 0 Å². The average Bonchev–Trinajstić information content (AvgIpc) is 2.26. The molecule has 0 radical (unpaired) electrons. The number of carbonyl (C=O) groups is 1. The summed E-state index contributed by atoms with van der Waals surface area (Å²) < 4.78 is 0. The Morgan fingerprint density at radius 1 is 0.933 bits per heavy atom. The molecule has 0 aromatic heterocycles. The van der Waals surface area contributed by atoms with E-state index in [0.717, 1.165) is 6.42 Å². The van der Waals surface area contributed by atoms with Crippen molar-refractivity contribution in [1.29, 1.82) is 0 Å². The molecule has 0 unspecified atom stereocenters. The van der Waals surface area contributed by atoms with Gasteiger partial charge in [0, 0.05) is 0 Å². The van der Waals surface area contributed by atoms with E-state index in [-0.39, 0.29) is 0 Å². The second-order valence-corrected chi connectivity index (χ2v) is 3.72. The van der Waals surface area contributed by atoms with Crippen molar-refractivity contribution < 1.29 is 4.79 Å². The molecule has 0 atom stereocenters. The van der Waals surface area contributed by atoms with Crippen LogP contribution in [0.4, 0.5) is 0 Å². The van der Waals surface area contributed by atoms with Gasteiger partial charge in [-0.1, -0.05) is 57.4 Å². The normalized spacial score (nSPS) is 9.93. The van der Waals surface area contributed by atoms with Crippen molar-refractivity contribution in [2.75, 3.05) is 0 Å². The summed E-state index contributed by atoms with van der Waals surface area (Å²) in [6, 6.07) is 0. The van der Waals surface area contributed by atoms with Gasteiger partial charge in [0.15, 0.2) is 6.29 Å². The van der Waals surface area contributed by atoms with Crippen molar-refractivity contribution in [3.05, 3.63) is 12.2 Å². The first-order valence-electron chi connectivity index (χ1n) is 6.01. The SMILES string of the molecule is CCCCCCCCCC=CC#CC=O. The lowest BCUT2D eigenvalue weighted by atomic mass is 10.1. The lowest BCUT2D eigenvalue weighted by molar-refractivity contribution is -0.103. The summed E-state index contributed by atoms with van der Waals surface area (Å²) in [6.07, 6.45) is 14.9. The van der Waals surface area contributed by atoms with Crippen LogP contribution in [0.1, 0.15) is 58.3 Å². The molecule has 0 N–H and O–H groups in total. The topological polar surface area (TPSA) is 17.1 Å². The van der Waals surface area contributed by atoms with Gasteiger partial charge in [0.25, 0.3) is 0 Å². The van der Waals surface area contributed by atoms with Crippen molar-refractivity contribution >= 4 is 6.29 Å². The van der Waals surface area contributed by atoms with Gasteiger partial charge in [-0.05, 0) is 24.8 Å². The maximum Gasteiger partial charge on any atom is 0.193 e. The van der Waals surface area contributed by atoms with E-state index in [1.54, 1.807) is 6.08 Å². The summed E-state index contributed by atoms with van der Waals surface area (Å²) in [5, 5.41) is 0. The van der Waals surface area contributed by atoms with Gasteiger partial charge in [-0.15, -0.1) is 0 Å². The summed E-state index contributed by atoms with van der Waals surface area (Å²) in [4.78, 5) is 9.86. The van der Waals surface area contributed by atoms with Crippen LogP contribution < -0.4 is 0 Å². The Bertz CT molecular complexity index is 217. The summed E-state index contributed by atoms with van der Waals surface area (Å²) >= 11 is 0. The number of allylic oxidation sites excluding steroid dienone is 2. The molecule has 0 aliphatic rings. The number of rotatable bonds is 8. The minimum atomic E-state index is 0.623. The van der Waals surface area contributed by atoms with Gasteiger partial charge in [0.1, 0.15) is 0 Å². The highest BCUT2D eigenvalue weighted by molar-refractivity contribution is 5.73. The molecule has 15 heavy (non-hydrogen) atoms. The minimum Gasteiger partial charge on any atom is -0.289 e. The molecule has 1 nitrogen and oxygen atoms in total. The fourth-order valence-corrected chi connectivity index (χ4v) is 1.44. The van der Waals surface area contributed by atoms with Crippen LogP contribution in [0.5, 0.6) is 0 Å². The van der Waals surface area contributed by atoms with Crippen LogP contribution in [-0.4, -0.2) is 6.29 Å². The van der Waals surface area contributed by atoms with E-state index in [0.29, 0.717) is 6.29 Å². The maximum atomic E-state index is 9.86. The van der Waals surface area contributed by atoms with Gasteiger partial charge in [-0.25, -0.2) is 0 Å². The highest BCUT2D eigenvalue weighted by Crippen LogP contribution is 2.08. The molecule has 0 aliphatic carbocycles.